The van der Waals surface area contributed by atoms with Crippen LogP contribution >= 0.6 is 0 Å². The number of rotatable bonds is 3. The van der Waals surface area contributed by atoms with Gasteiger partial charge in [-0.15, -0.1) is 0 Å². The zero-order chi connectivity index (χ0) is 13.1. The fourth-order valence-corrected chi connectivity index (χ4v) is 2.67. The second-order valence-electron chi connectivity index (χ2n) is 3.95. The molecule has 5 heteroatoms. The van der Waals surface area contributed by atoms with E-state index >= 15 is 0 Å². The molecule has 2 rings (SSSR count). The molecule has 1 aromatic heterocycles. The Morgan fingerprint density at radius 2 is 2.11 bits per heavy atom. The van der Waals surface area contributed by atoms with Crippen LogP contribution in [0.2, 0.25) is 0 Å². The lowest BCUT2D eigenvalue weighted by atomic mass is 10.3. The van der Waals surface area contributed by atoms with Gasteiger partial charge in [-0.2, -0.15) is 0 Å². The number of halogens is 1. The van der Waals surface area contributed by atoms with Crippen LogP contribution in [0.1, 0.15) is 11.4 Å². The molecule has 1 atom stereocenters. The molecule has 3 nitrogen and oxygen atoms in total. The van der Waals surface area contributed by atoms with Crippen molar-refractivity contribution in [2.24, 2.45) is 0 Å². The summed E-state index contributed by atoms with van der Waals surface area (Å²) in [5.41, 5.74) is 7.30. The van der Waals surface area contributed by atoms with Crippen LogP contribution in [0, 0.1) is 12.7 Å². The summed E-state index contributed by atoms with van der Waals surface area (Å²) in [6.45, 7) is 1.86. The Hall–Kier alpha value is -1.75. The molecule has 1 heterocycles. The van der Waals surface area contributed by atoms with Gasteiger partial charge in [0.1, 0.15) is 5.82 Å². The third kappa shape index (κ3) is 2.92. The van der Waals surface area contributed by atoms with Gasteiger partial charge in [0, 0.05) is 11.4 Å². The first-order chi connectivity index (χ1) is 8.56. The fraction of sp³-hybridized carbons (Fsp3) is 0.154. The number of aromatic nitrogens is 1. The van der Waals surface area contributed by atoms with E-state index in [0.717, 1.165) is 5.69 Å². The van der Waals surface area contributed by atoms with Crippen molar-refractivity contribution in [3.63, 3.8) is 0 Å². The van der Waals surface area contributed by atoms with Gasteiger partial charge in [0.15, 0.2) is 0 Å². The molecule has 0 radical (unpaired) electrons. The molecule has 0 saturated carbocycles. The van der Waals surface area contributed by atoms with E-state index in [0.29, 0.717) is 11.4 Å². The molecule has 18 heavy (non-hydrogen) atoms. The summed E-state index contributed by atoms with van der Waals surface area (Å²) in [5, 5.41) is 0. The quantitative estimate of drug-likeness (QED) is 0.866. The fourth-order valence-electron chi connectivity index (χ4n) is 1.59. The summed E-state index contributed by atoms with van der Waals surface area (Å²) < 4.78 is 25.6. The van der Waals surface area contributed by atoms with Gasteiger partial charge >= 0.3 is 0 Å². The maximum atomic E-state index is 13.6. The Bertz CT molecular complexity index is 601. The minimum absolute atomic E-state index is 0.160. The molecule has 94 valence electrons. The van der Waals surface area contributed by atoms with Crippen LogP contribution in [0.25, 0.3) is 0 Å². The first-order valence-corrected chi connectivity index (χ1v) is 6.74. The van der Waals surface area contributed by atoms with Gasteiger partial charge in [-0.25, -0.2) is 4.39 Å². The molecule has 0 bridgehead atoms. The largest absolute Gasteiger partial charge is 0.399 e. The highest BCUT2D eigenvalue weighted by molar-refractivity contribution is 7.84. The molecular formula is C13H13FN2OS. The van der Waals surface area contributed by atoms with E-state index in [9.17, 15) is 8.60 Å². The normalized spacial score (nSPS) is 12.3. The van der Waals surface area contributed by atoms with E-state index in [1.807, 2.05) is 19.1 Å². The zero-order valence-electron chi connectivity index (χ0n) is 9.89. The molecule has 1 aromatic carbocycles. The molecule has 2 N–H and O–H groups in total. The van der Waals surface area contributed by atoms with Gasteiger partial charge < -0.3 is 5.73 Å². The van der Waals surface area contributed by atoms with Crippen molar-refractivity contribution < 1.29 is 8.60 Å². The van der Waals surface area contributed by atoms with Crippen molar-refractivity contribution in [2.75, 3.05) is 5.73 Å². The third-order valence-electron chi connectivity index (χ3n) is 2.43. The van der Waals surface area contributed by atoms with Gasteiger partial charge in [-0.05, 0) is 37.3 Å². The number of aryl methyl sites for hydroxylation is 1. The van der Waals surface area contributed by atoms with Crippen molar-refractivity contribution >= 4 is 16.5 Å². The van der Waals surface area contributed by atoms with E-state index in [-0.39, 0.29) is 10.6 Å². The third-order valence-corrected chi connectivity index (χ3v) is 3.81. The topological polar surface area (TPSA) is 56.0 Å². The number of nitrogens with zero attached hydrogens (tertiary/aromatic N) is 1. The van der Waals surface area contributed by atoms with E-state index < -0.39 is 16.6 Å². The SMILES string of the molecule is Cc1cccc(CS(=O)c2ccc(N)cc2F)n1. The summed E-state index contributed by atoms with van der Waals surface area (Å²) in [6.07, 6.45) is 0. The van der Waals surface area contributed by atoms with Crippen LogP contribution in [-0.2, 0) is 16.6 Å². The zero-order valence-corrected chi connectivity index (χ0v) is 10.7. The lowest BCUT2D eigenvalue weighted by molar-refractivity contribution is 0.596. The van der Waals surface area contributed by atoms with Crippen LogP contribution in [0.3, 0.4) is 0 Å². The number of hydrogen-bond donors (Lipinski definition) is 1. The van der Waals surface area contributed by atoms with Crippen molar-refractivity contribution in [3.05, 3.63) is 53.6 Å². The van der Waals surface area contributed by atoms with Crippen molar-refractivity contribution in [2.45, 2.75) is 17.6 Å². The highest BCUT2D eigenvalue weighted by atomic mass is 32.2. The van der Waals surface area contributed by atoms with Crippen LogP contribution in [0.5, 0.6) is 0 Å². The van der Waals surface area contributed by atoms with Crippen molar-refractivity contribution in [3.8, 4) is 0 Å². The molecule has 0 spiro atoms. The monoisotopic (exact) mass is 264 g/mol. The van der Waals surface area contributed by atoms with E-state index in [4.69, 9.17) is 5.73 Å². The second kappa shape index (κ2) is 5.27. The molecule has 1 unspecified atom stereocenters. The summed E-state index contributed by atoms with van der Waals surface area (Å²) in [7, 11) is -1.46. The summed E-state index contributed by atoms with van der Waals surface area (Å²) in [4.78, 5) is 4.41. The molecular weight excluding hydrogens is 251 g/mol. The van der Waals surface area contributed by atoms with Gasteiger partial charge in [0.05, 0.1) is 27.1 Å². The average Bonchev–Trinajstić information content (AvgIpc) is 2.28. The predicted molar refractivity (Wildman–Crippen MR) is 69.9 cm³/mol. The molecule has 2 aromatic rings. The Kier molecular flexibility index (Phi) is 3.72. The number of pyridine rings is 1. The minimum atomic E-state index is -1.46. The van der Waals surface area contributed by atoms with Gasteiger partial charge in [-0.1, -0.05) is 6.07 Å². The second-order valence-corrected chi connectivity index (χ2v) is 5.37. The Labute approximate surface area is 107 Å². The Balaban J connectivity index is 2.22. The van der Waals surface area contributed by atoms with Crippen LogP contribution < -0.4 is 5.73 Å². The van der Waals surface area contributed by atoms with E-state index in [1.54, 1.807) is 12.1 Å². The van der Waals surface area contributed by atoms with Gasteiger partial charge in [-0.3, -0.25) is 9.19 Å². The first-order valence-electron chi connectivity index (χ1n) is 5.42. The van der Waals surface area contributed by atoms with Crippen molar-refractivity contribution in [1.29, 1.82) is 0 Å². The summed E-state index contributed by atoms with van der Waals surface area (Å²) in [5.74, 6) is -0.344. The molecule has 0 aliphatic carbocycles. The van der Waals surface area contributed by atoms with Gasteiger partial charge in [0.2, 0.25) is 0 Å². The summed E-state index contributed by atoms with van der Waals surface area (Å²) in [6, 6.07) is 9.65. The maximum Gasteiger partial charge on any atom is 0.141 e. The Morgan fingerprint density at radius 1 is 1.33 bits per heavy atom. The Morgan fingerprint density at radius 3 is 2.78 bits per heavy atom. The van der Waals surface area contributed by atoms with Crippen LogP contribution in [-0.4, -0.2) is 9.19 Å². The van der Waals surface area contributed by atoms with Crippen LogP contribution in [0.15, 0.2) is 41.3 Å². The number of nitrogens with two attached hydrogens (primary N) is 1. The average molecular weight is 264 g/mol. The number of hydrogen-bond acceptors (Lipinski definition) is 3. The predicted octanol–water partition coefficient (Wildman–Crippen LogP) is 2.42. The first kappa shape index (κ1) is 12.7. The molecule has 0 fully saturated rings. The highest BCUT2D eigenvalue weighted by Crippen LogP contribution is 2.18. The van der Waals surface area contributed by atoms with Gasteiger partial charge in [0.25, 0.3) is 0 Å². The standard InChI is InChI=1S/C13H13FN2OS/c1-9-3-2-4-11(16-9)8-18(17)13-6-5-10(15)7-12(13)14/h2-7H,8,15H2,1H3. The lowest BCUT2D eigenvalue weighted by Crippen LogP contribution is -2.02. The van der Waals surface area contributed by atoms with E-state index in [1.165, 1.54) is 12.1 Å². The van der Waals surface area contributed by atoms with E-state index in [2.05, 4.69) is 4.98 Å². The van der Waals surface area contributed by atoms with Crippen molar-refractivity contribution in [1.82, 2.24) is 4.98 Å². The summed E-state index contributed by atoms with van der Waals surface area (Å²) >= 11 is 0. The number of nitrogen functional groups attached to an aromatic ring is 1. The smallest absolute Gasteiger partial charge is 0.141 e. The maximum absolute atomic E-state index is 13.6. The lowest BCUT2D eigenvalue weighted by Gasteiger charge is -2.05. The molecule has 0 amide bonds. The number of benzene rings is 1. The molecule has 0 aliphatic heterocycles. The number of anilines is 1. The molecule has 0 aliphatic rings. The minimum Gasteiger partial charge on any atom is -0.399 e. The van der Waals surface area contributed by atoms with Crippen LogP contribution in [0.4, 0.5) is 10.1 Å². The highest BCUT2D eigenvalue weighted by Gasteiger charge is 2.11. The molecule has 0 saturated heterocycles.